The van der Waals surface area contributed by atoms with Crippen LogP contribution in [0.4, 0.5) is 5.69 Å². The lowest BCUT2D eigenvalue weighted by atomic mass is 10.1. The van der Waals surface area contributed by atoms with Crippen molar-refractivity contribution in [2.45, 2.75) is 32.6 Å². The maximum Gasteiger partial charge on any atom is 0.224 e. The summed E-state index contributed by atoms with van der Waals surface area (Å²) >= 11 is 6.03. The monoisotopic (exact) mass is 254 g/mol. The second-order valence-electron chi connectivity index (χ2n) is 4.08. The first-order chi connectivity index (χ1) is 8.15. The molecule has 0 bridgehead atoms. The Kier molecular flexibility index (Phi) is 6.01. The molecule has 1 rings (SSSR count). The van der Waals surface area contributed by atoms with Crippen molar-refractivity contribution in [3.8, 4) is 0 Å². The van der Waals surface area contributed by atoms with Gasteiger partial charge in [-0.2, -0.15) is 0 Å². The average molecular weight is 255 g/mol. The van der Waals surface area contributed by atoms with E-state index in [0.29, 0.717) is 18.0 Å². The molecule has 1 amide bonds. The van der Waals surface area contributed by atoms with Gasteiger partial charge in [-0.25, -0.2) is 0 Å². The topological polar surface area (TPSA) is 55.1 Å². The highest BCUT2D eigenvalue weighted by Crippen LogP contribution is 2.25. The molecule has 1 aromatic carbocycles. The van der Waals surface area contributed by atoms with Gasteiger partial charge in [-0.15, -0.1) is 0 Å². The zero-order chi connectivity index (χ0) is 12.7. The Hall–Kier alpha value is -1.06. The molecule has 3 N–H and O–H groups in total. The molecule has 0 radical (unpaired) electrons. The molecule has 3 nitrogen and oxygen atoms in total. The number of aryl methyl sites for hydroxylation is 1. The predicted molar refractivity (Wildman–Crippen MR) is 72.3 cm³/mol. The molecule has 0 aliphatic rings. The van der Waals surface area contributed by atoms with Gasteiger partial charge in [-0.1, -0.05) is 30.2 Å². The van der Waals surface area contributed by atoms with Crippen LogP contribution in [0.3, 0.4) is 0 Å². The number of amides is 1. The van der Waals surface area contributed by atoms with Gasteiger partial charge in [0.1, 0.15) is 0 Å². The summed E-state index contributed by atoms with van der Waals surface area (Å²) in [5.74, 6) is 0.0122. The Balaban J connectivity index is 2.45. The number of hydrogen-bond acceptors (Lipinski definition) is 2. The van der Waals surface area contributed by atoms with Crippen molar-refractivity contribution in [3.63, 3.8) is 0 Å². The van der Waals surface area contributed by atoms with Crippen molar-refractivity contribution in [2.24, 2.45) is 5.73 Å². The summed E-state index contributed by atoms with van der Waals surface area (Å²) in [5.41, 5.74) is 7.09. The van der Waals surface area contributed by atoms with Gasteiger partial charge in [0.2, 0.25) is 5.91 Å². The molecule has 0 atom stereocenters. The number of carbonyl (C=O) groups is 1. The summed E-state index contributed by atoms with van der Waals surface area (Å²) in [6.45, 7) is 2.61. The Morgan fingerprint density at radius 2 is 2.12 bits per heavy atom. The van der Waals surface area contributed by atoms with Gasteiger partial charge in [0.05, 0.1) is 10.7 Å². The summed E-state index contributed by atoms with van der Waals surface area (Å²) in [6, 6.07) is 5.57. The Bertz CT molecular complexity index is 359. The zero-order valence-corrected chi connectivity index (χ0v) is 10.9. The fraction of sp³-hybridized carbons (Fsp3) is 0.462. The summed E-state index contributed by atoms with van der Waals surface area (Å²) in [6.07, 6.45) is 3.35. The molecular formula is C13H19ClN2O. The minimum atomic E-state index is 0.0122. The molecule has 0 aromatic heterocycles. The van der Waals surface area contributed by atoms with E-state index in [-0.39, 0.29) is 5.91 Å². The Morgan fingerprint density at radius 3 is 2.76 bits per heavy atom. The number of halogens is 1. The van der Waals surface area contributed by atoms with Gasteiger partial charge in [0.15, 0.2) is 0 Å². The van der Waals surface area contributed by atoms with Gasteiger partial charge in [-0.3, -0.25) is 4.79 Å². The van der Waals surface area contributed by atoms with E-state index in [4.69, 9.17) is 17.3 Å². The molecule has 0 saturated carbocycles. The van der Waals surface area contributed by atoms with Crippen LogP contribution in [0.2, 0.25) is 5.02 Å². The van der Waals surface area contributed by atoms with E-state index >= 15 is 0 Å². The van der Waals surface area contributed by atoms with Gasteiger partial charge < -0.3 is 11.1 Å². The molecule has 0 spiro atoms. The van der Waals surface area contributed by atoms with E-state index < -0.39 is 0 Å². The van der Waals surface area contributed by atoms with Crippen LogP contribution in [0.15, 0.2) is 18.2 Å². The number of hydrogen-bond donors (Lipinski definition) is 2. The smallest absolute Gasteiger partial charge is 0.224 e. The third-order valence-electron chi connectivity index (χ3n) is 2.59. The molecule has 4 heteroatoms. The van der Waals surface area contributed by atoms with Crippen LogP contribution in [0.5, 0.6) is 0 Å². The lowest BCUT2D eigenvalue weighted by Crippen LogP contribution is -2.12. The molecule has 0 fully saturated rings. The fourth-order valence-electron chi connectivity index (χ4n) is 1.60. The summed E-state index contributed by atoms with van der Waals surface area (Å²) < 4.78 is 0. The van der Waals surface area contributed by atoms with E-state index in [2.05, 4.69) is 5.32 Å². The maximum absolute atomic E-state index is 11.7. The van der Waals surface area contributed by atoms with Crippen molar-refractivity contribution < 1.29 is 4.79 Å². The van der Waals surface area contributed by atoms with Crippen LogP contribution >= 0.6 is 11.6 Å². The minimum absolute atomic E-state index is 0.0122. The SMILES string of the molecule is Cc1cccc(Cl)c1NC(=O)CCCCCN. The van der Waals surface area contributed by atoms with Crippen LogP contribution in [0, 0.1) is 6.92 Å². The van der Waals surface area contributed by atoms with Crippen LogP contribution < -0.4 is 11.1 Å². The number of benzene rings is 1. The second kappa shape index (κ2) is 7.30. The van der Waals surface area contributed by atoms with Crippen molar-refractivity contribution >= 4 is 23.2 Å². The maximum atomic E-state index is 11.7. The van der Waals surface area contributed by atoms with Gasteiger partial charge in [0.25, 0.3) is 0 Å². The van der Waals surface area contributed by atoms with Crippen molar-refractivity contribution in [2.75, 3.05) is 11.9 Å². The lowest BCUT2D eigenvalue weighted by molar-refractivity contribution is -0.116. The first-order valence-electron chi connectivity index (χ1n) is 5.90. The highest BCUT2D eigenvalue weighted by Gasteiger charge is 2.07. The molecule has 1 aromatic rings. The minimum Gasteiger partial charge on any atom is -0.330 e. The fourth-order valence-corrected chi connectivity index (χ4v) is 1.87. The number of para-hydroxylation sites is 1. The van der Waals surface area contributed by atoms with E-state index in [0.717, 1.165) is 30.5 Å². The Morgan fingerprint density at radius 1 is 1.35 bits per heavy atom. The summed E-state index contributed by atoms with van der Waals surface area (Å²) in [7, 11) is 0. The van der Waals surface area contributed by atoms with Gasteiger partial charge in [-0.05, 0) is 37.9 Å². The van der Waals surface area contributed by atoms with Gasteiger partial charge in [0, 0.05) is 6.42 Å². The van der Waals surface area contributed by atoms with Crippen molar-refractivity contribution in [3.05, 3.63) is 28.8 Å². The Labute approximate surface area is 107 Å². The van der Waals surface area contributed by atoms with Gasteiger partial charge >= 0.3 is 0 Å². The van der Waals surface area contributed by atoms with Crippen LogP contribution in [-0.2, 0) is 4.79 Å². The number of nitrogens with two attached hydrogens (primary N) is 1. The molecule has 0 unspecified atom stereocenters. The average Bonchev–Trinajstić information content (AvgIpc) is 2.30. The summed E-state index contributed by atoms with van der Waals surface area (Å²) in [5, 5.41) is 3.44. The second-order valence-corrected chi connectivity index (χ2v) is 4.49. The molecular weight excluding hydrogens is 236 g/mol. The number of rotatable bonds is 6. The van der Waals surface area contributed by atoms with Crippen LogP contribution in [0.1, 0.15) is 31.2 Å². The number of unbranched alkanes of at least 4 members (excludes halogenated alkanes) is 2. The number of carbonyl (C=O) groups excluding carboxylic acids is 1. The molecule has 0 saturated heterocycles. The van der Waals surface area contributed by atoms with E-state index in [1.165, 1.54) is 0 Å². The van der Waals surface area contributed by atoms with Crippen LogP contribution in [0.25, 0.3) is 0 Å². The quantitative estimate of drug-likeness (QED) is 0.767. The third-order valence-corrected chi connectivity index (χ3v) is 2.91. The molecule has 0 aliphatic carbocycles. The molecule has 17 heavy (non-hydrogen) atoms. The van der Waals surface area contributed by atoms with E-state index in [1.54, 1.807) is 6.07 Å². The van der Waals surface area contributed by atoms with Crippen LogP contribution in [-0.4, -0.2) is 12.5 Å². The van der Waals surface area contributed by atoms with E-state index in [1.807, 2.05) is 19.1 Å². The van der Waals surface area contributed by atoms with E-state index in [9.17, 15) is 4.79 Å². The number of nitrogens with one attached hydrogen (secondary N) is 1. The highest BCUT2D eigenvalue weighted by atomic mass is 35.5. The first kappa shape index (κ1) is 14.0. The third kappa shape index (κ3) is 4.75. The summed E-state index contributed by atoms with van der Waals surface area (Å²) in [4.78, 5) is 11.7. The van der Waals surface area contributed by atoms with Crippen molar-refractivity contribution in [1.82, 2.24) is 0 Å². The standard InChI is InChI=1S/C13H19ClN2O/c1-10-6-5-7-11(14)13(10)16-12(17)8-3-2-4-9-15/h5-7H,2-4,8-9,15H2,1H3,(H,16,17). The number of anilines is 1. The normalized spacial score (nSPS) is 10.3. The van der Waals surface area contributed by atoms with Crippen molar-refractivity contribution in [1.29, 1.82) is 0 Å². The zero-order valence-electron chi connectivity index (χ0n) is 10.1. The molecule has 94 valence electrons. The predicted octanol–water partition coefficient (Wildman–Crippen LogP) is 3.11. The molecule has 0 heterocycles. The first-order valence-corrected chi connectivity index (χ1v) is 6.28. The lowest BCUT2D eigenvalue weighted by Gasteiger charge is -2.10. The molecule has 0 aliphatic heterocycles. The largest absolute Gasteiger partial charge is 0.330 e. The highest BCUT2D eigenvalue weighted by molar-refractivity contribution is 6.33.